The molecule has 0 spiro atoms. The largest absolute Gasteiger partial charge is 0.419 e. The quantitative estimate of drug-likeness (QED) is 0.628. The van der Waals surface area contributed by atoms with Crippen molar-refractivity contribution >= 4 is 11.9 Å². The molecule has 1 atom stereocenters. The van der Waals surface area contributed by atoms with Gasteiger partial charge in [-0.05, 0) is 37.3 Å². The summed E-state index contributed by atoms with van der Waals surface area (Å²) in [6.45, 7) is 2.93. The summed E-state index contributed by atoms with van der Waals surface area (Å²) in [4.78, 5) is 27.7. The highest BCUT2D eigenvalue weighted by atomic mass is 19.4. The van der Waals surface area contributed by atoms with Crippen LogP contribution in [0.15, 0.2) is 30.9 Å². The van der Waals surface area contributed by atoms with Gasteiger partial charge in [-0.2, -0.15) is 26.3 Å². The summed E-state index contributed by atoms with van der Waals surface area (Å²) in [6.07, 6.45) is -4.40. The molecule has 178 valence electrons. The maximum atomic E-state index is 12.9. The van der Waals surface area contributed by atoms with Gasteiger partial charge in [0.25, 0.3) is 0 Å². The van der Waals surface area contributed by atoms with E-state index >= 15 is 0 Å². The highest BCUT2D eigenvalue weighted by Gasteiger charge is 2.41. The van der Waals surface area contributed by atoms with Crippen LogP contribution in [0.4, 0.5) is 32.3 Å². The van der Waals surface area contributed by atoms with Crippen molar-refractivity contribution in [3.63, 3.8) is 0 Å². The summed E-state index contributed by atoms with van der Waals surface area (Å²) in [5, 5.41) is 0. The lowest BCUT2D eigenvalue weighted by Crippen LogP contribution is -2.56. The smallest absolute Gasteiger partial charge is 0.337 e. The molecule has 0 radical (unpaired) electrons. The molecule has 33 heavy (non-hydrogen) atoms. The van der Waals surface area contributed by atoms with Gasteiger partial charge in [0, 0.05) is 56.4 Å². The van der Waals surface area contributed by atoms with E-state index in [9.17, 15) is 31.1 Å². The summed E-state index contributed by atoms with van der Waals surface area (Å²) < 4.78 is 76.8. The van der Waals surface area contributed by atoms with Crippen LogP contribution in [0, 0.1) is 5.92 Å². The molecule has 1 saturated heterocycles. The second-order valence-electron chi connectivity index (χ2n) is 8.47. The molecule has 1 aliphatic heterocycles. The molecular weight excluding hydrogens is 452 g/mol. The number of nitrogens with zero attached hydrogens (tertiary/aromatic N) is 5. The van der Waals surface area contributed by atoms with Crippen molar-refractivity contribution < 1.29 is 31.1 Å². The van der Waals surface area contributed by atoms with E-state index in [1.807, 2.05) is 6.92 Å². The van der Waals surface area contributed by atoms with Crippen molar-refractivity contribution in [2.24, 2.45) is 5.92 Å². The number of anilines is 1. The minimum absolute atomic E-state index is 0.0633. The van der Waals surface area contributed by atoms with Crippen molar-refractivity contribution in [3.05, 3.63) is 47.5 Å². The van der Waals surface area contributed by atoms with E-state index in [1.54, 1.807) is 9.80 Å². The molecule has 1 saturated carbocycles. The third-order valence-electron chi connectivity index (χ3n) is 6.20. The number of hydrogen-bond acceptors (Lipinski definition) is 5. The third-order valence-corrected chi connectivity index (χ3v) is 6.20. The third kappa shape index (κ3) is 4.88. The van der Waals surface area contributed by atoms with Gasteiger partial charge in [0.05, 0.1) is 11.1 Å². The Balaban J connectivity index is 1.33. The number of alkyl halides is 6. The summed E-state index contributed by atoms with van der Waals surface area (Å²) in [7, 11) is 0. The zero-order chi connectivity index (χ0) is 24.0. The molecule has 0 aromatic carbocycles. The number of carbonyl (C=O) groups is 1. The minimum Gasteiger partial charge on any atom is -0.337 e. The number of hydrogen-bond donors (Lipinski definition) is 0. The zero-order valence-corrected chi connectivity index (χ0v) is 17.6. The van der Waals surface area contributed by atoms with Crippen molar-refractivity contribution in [1.82, 2.24) is 19.9 Å². The topological polar surface area (TPSA) is 62.2 Å². The van der Waals surface area contributed by atoms with E-state index in [2.05, 4.69) is 15.0 Å². The SMILES string of the molecule is C[C@@H]1CN(c2ncc(C(F)(F)F)cn2)CCN1C(=O)C1CC(c2cncc(C(F)(F)F)c2)C1. The average Bonchev–Trinajstić information content (AvgIpc) is 2.71. The Morgan fingerprint density at radius 2 is 1.58 bits per heavy atom. The van der Waals surface area contributed by atoms with Crippen molar-refractivity contribution in [2.45, 2.75) is 44.1 Å². The molecule has 3 heterocycles. The number of pyridine rings is 1. The van der Waals surface area contributed by atoms with Gasteiger partial charge in [-0.1, -0.05) is 0 Å². The van der Waals surface area contributed by atoms with Crippen LogP contribution in [-0.4, -0.2) is 51.4 Å². The number of aromatic nitrogens is 3. The summed E-state index contributed by atoms with van der Waals surface area (Å²) in [5.41, 5.74) is -1.25. The first-order valence-electron chi connectivity index (χ1n) is 10.4. The van der Waals surface area contributed by atoms with Gasteiger partial charge < -0.3 is 9.80 Å². The molecule has 1 amide bonds. The normalized spacial score (nSPS) is 23.9. The van der Waals surface area contributed by atoms with Crippen LogP contribution >= 0.6 is 0 Å². The molecule has 2 aromatic heterocycles. The maximum Gasteiger partial charge on any atom is 0.419 e. The predicted octanol–water partition coefficient (Wildman–Crippen LogP) is 4.14. The lowest BCUT2D eigenvalue weighted by atomic mass is 9.71. The van der Waals surface area contributed by atoms with Crippen LogP contribution in [0.2, 0.25) is 0 Å². The van der Waals surface area contributed by atoms with Gasteiger partial charge in [0.1, 0.15) is 0 Å². The van der Waals surface area contributed by atoms with E-state index in [4.69, 9.17) is 0 Å². The maximum absolute atomic E-state index is 12.9. The molecule has 0 bridgehead atoms. The van der Waals surface area contributed by atoms with Crippen LogP contribution in [0.1, 0.15) is 42.4 Å². The summed E-state index contributed by atoms with van der Waals surface area (Å²) >= 11 is 0. The average molecular weight is 473 g/mol. The molecule has 1 aliphatic carbocycles. The highest BCUT2D eigenvalue weighted by Crippen LogP contribution is 2.44. The summed E-state index contributed by atoms with van der Waals surface area (Å²) in [5.74, 6) is -0.318. The van der Waals surface area contributed by atoms with Crippen molar-refractivity contribution in [3.8, 4) is 0 Å². The minimum atomic E-state index is -4.51. The Morgan fingerprint density at radius 3 is 2.15 bits per heavy atom. The Bertz CT molecular complexity index is 1000. The van der Waals surface area contributed by atoms with Gasteiger partial charge in [0.15, 0.2) is 0 Å². The second kappa shape index (κ2) is 8.45. The summed E-state index contributed by atoms with van der Waals surface area (Å²) in [6, 6.07) is 0.871. The van der Waals surface area contributed by atoms with E-state index in [0.717, 1.165) is 24.7 Å². The van der Waals surface area contributed by atoms with Crippen molar-refractivity contribution in [2.75, 3.05) is 24.5 Å². The number of carbonyl (C=O) groups excluding carboxylic acids is 1. The fraction of sp³-hybridized carbons (Fsp3) is 0.524. The van der Waals surface area contributed by atoms with Crippen LogP contribution in [-0.2, 0) is 17.1 Å². The zero-order valence-electron chi connectivity index (χ0n) is 17.6. The molecule has 2 fully saturated rings. The highest BCUT2D eigenvalue weighted by molar-refractivity contribution is 5.80. The van der Waals surface area contributed by atoms with Crippen LogP contribution in [0.5, 0.6) is 0 Å². The predicted molar refractivity (Wildman–Crippen MR) is 105 cm³/mol. The molecule has 2 aliphatic rings. The Morgan fingerprint density at radius 1 is 0.939 bits per heavy atom. The Kier molecular flexibility index (Phi) is 5.95. The lowest BCUT2D eigenvalue weighted by molar-refractivity contribution is -0.142. The number of amides is 1. The first kappa shape index (κ1) is 23.2. The molecular formula is C21H21F6N5O. The second-order valence-corrected chi connectivity index (χ2v) is 8.47. The fourth-order valence-corrected chi connectivity index (χ4v) is 4.26. The van der Waals surface area contributed by atoms with Crippen LogP contribution in [0.25, 0.3) is 0 Å². The number of rotatable bonds is 3. The number of piperazine rings is 1. The van der Waals surface area contributed by atoms with Gasteiger partial charge in [-0.3, -0.25) is 9.78 Å². The molecule has 0 unspecified atom stereocenters. The molecule has 2 aromatic rings. The molecule has 12 heteroatoms. The molecule has 0 N–H and O–H groups in total. The van der Waals surface area contributed by atoms with Gasteiger partial charge in [-0.25, -0.2) is 9.97 Å². The first-order valence-corrected chi connectivity index (χ1v) is 10.4. The van der Waals surface area contributed by atoms with E-state index in [0.29, 0.717) is 38.0 Å². The van der Waals surface area contributed by atoms with Gasteiger partial charge in [-0.15, -0.1) is 0 Å². The Labute approximate surface area is 185 Å². The van der Waals surface area contributed by atoms with Gasteiger partial charge in [0.2, 0.25) is 11.9 Å². The Hall–Kier alpha value is -2.92. The molecule has 6 nitrogen and oxygen atoms in total. The van der Waals surface area contributed by atoms with E-state index < -0.39 is 23.5 Å². The number of halogens is 6. The fourth-order valence-electron chi connectivity index (χ4n) is 4.26. The van der Waals surface area contributed by atoms with E-state index in [1.165, 1.54) is 6.20 Å². The van der Waals surface area contributed by atoms with Crippen molar-refractivity contribution in [1.29, 1.82) is 0 Å². The van der Waals surface area contributed by atoms with Crippen LogP contribution in [0.3, 0.4) is 0 Å². The standard InChI is InChI=1S/C21H21F6N5O/c1-12-11-31(19-29-9-17(10-30-19)21(25,26)27)2-3-32(12)18(33)14-4-13(5-14)15-6-16(8-28-7-15)20(22,23)24/h6-10,12-14H,2-5,11H2,1H3/t12-,13?,14?/m1/s1. The monoisotopic (exact) mass is 473 g/mol. The van der Waals surface area contributed by atoms with E-state index in [-0.39, 0.29) is 29.7 Å². The lowest BCUT2D eigenvalue weighted by Gasteiger charge is -2.44. The molecule has 4 rings (SSSR count). The van der Waals surface area contributed by atoms with Gasteiger partial charge >= 0.3 is 12.4 Å². The van der Waals surface area contributed by atoms with Crippen LogP contribution < -0.4 is 4.90 Å². The first-order chi connectivity index (χ1) is 15.4.